The zero-order valence-electron chi connectivity index (χ0n) is 11.8. The summed E-state index contributed by atoms with van der Waals surface area (Å²) in [5.74, 6) is 0.423. The van der Waals surface area contributed by atoms with E-state index < -0.39 is 11.7 Å². The SMILES string of the molecule is CC(C)(C)OC(=O)NCCOc1noc2ccccc12. The van der Waals surface area contributed by atoms with E-state index in [0.717, 1.165) is 5.39 Å². The lowest BCUT2D eigenvalue weighted by Gasteiger charge is -2.19. The number of hydrogen-bond acceptors (Lipinski definition) is 5. The van der Waals surface area contributed by atoms with E-state index in [0.29, 0.717) is 18.0 Å². The van der Waals surface area contributed by atoms with Crippen molar-refractivity contribution in [1.82, 2.24) is 10.5 Å². The molecule has 0 fully saturated rings. The largest absolute Gasteiger partial charge is 0.473 e. The highest BCUT2D eigenvalue weighted by atomic mass is 16.6. The fraction of sp³-hybridized carbons (Fsp3) is 0.429. The summed E-state index contributed by atoms with van der Waals surface area (Å²) in [6, 6.07) is 7.42. The van der Waals surface area contributed by atoms with Gasteiger partial charge in [-0.25, -0.2) is 4.79 Å². The van der Waals surface area contributed by atoms with Gasteiger partial charge in [-0.1, -0.05) is 12.1 Å². The molecule has 0 unspecified atom stereocenters. The number of benzene rings is 1. The van der Waals surface area contributed by atoms with E-state index >= 15 is 0 Å². The molecule has 1 amide bonds. The van der Waals surface area contributed by atoms with Gasteiger partial charge in [-0.2, -0.15) is 0 Å². The first kappa shape index (κ1) is 14.2. The van der Waals surface area contributed by atoms with Gasteiger partial charge in [-0.15, -0.1) is 0 Å². The van der Waals surface area contributed by atoms with E-state index in [1.165, 1.54) is 0 Å². The van der Waals surface area contributed by atoms with Crippen LogP contribution in [0.3, 0.4) is 0 Å². The highest BCUT2D eigenvalue weighted by Crippen LogP contribution is 2.23. The lowest BCUT2D eigenvalue weighted by Crippen LogP contribution is -2.34. The number of hydrogen-bond donors (Lipinski definition) is 1. The first-order valence-electron chi connectivity index (χ1n) is 6.40. The van der Waals surface area contributed by atoms with E-state index in [1.54, 1.807) is 0 Å². The average molecular weight is 278 g/mol. The zero-order chi connectivity index (χ0) is 14.6. The van der Waals surface area contributed by atoms with Crippen LogP contribution in [0.2, 0.25) is 0 Å². The molecule has 6 heteroatoms. The maximum Gasteiger partial charge on any atom is 0.407 e. The van der Waals surface area contributed by atoms with E-state index in [-0.39, 0.29) is 6.61 Å². The van der Waals surface area contributed by atoms with Gasteiger partial charge in [0.2, 0.25) is 0 Å². The Hall–Kier alpha value is -2.24. The molecule has 2 aromatic rings. The van der Waals surface area contributed by atoms with Crippen LogP contribution in [0.4, 0.5) is 4.79 Å². The summed E-state index contributed by atoms with van der Waals surface area (Å²) >= 11 is 0. The molecule has 0 aliphatic carbocycles. The molecule has 2 rings (SSSR count). The molecule has 0 saturated carbocycles. The smallest absolute Gasteiger partial charge is 0.407 e. The van der Waals surface area contributed by atoms with Crippen molar-refractivity contribution in [2.45, 2.75) is 26.4 Å². The number of carbonyl (C=O) groups is 1. The van der Waals surface area contributed by atoms with E-state index in [9.17, 15) is 4.79 Å². The summed E-state index contributed by atoms with van der Waals surface area (Å²) < 4.78 is 15.7. The van der Waals surface area contributed by atoms with Gasteiger partial charge in [0.15, 0.2) is 5.58 Å². The van der Waals surface area contributed by atoms with Crippen molar-refractivity contribution in [3.63, 3.8) is 0 Å². The second-order valence-electron chi connectivity index (χ2n) is 5.26. The number of aromatic nitrogens is 1. The third kappa shape index (κ3) is 3.88. The molecule has 0 aliphatic heterocycles. The van der Waals surface area contributed by atoms with Crippen LogP contribution in [0.5, 0.6) is 5.88 Å². The number of ether oxygens (including phenoxy) is 2. The van der Waals surface area contributed by atoms with Gasteiger partial charge >= 0.3 is 6.09 Å². The Kier molecular flexibility index (Phi) is 4.12. The molecule has 0 saturated heterocycles. The second-order valence-corrected chi connectivity index (χ2v) is 5.26. The molecule has 1 heterocycles. The summed E-state index contributed by atoms with van der Waals surface area (Å²) in [7, 11) is 0. The number of carbonyl (C=O) groups excluding carboxylic acids is 1. The standard InChI is InChI=1S/C14H18N2O4/c1-14(2,3)19-13(17)15-8-9-18-12-10-6-4-5-7-11(10)20-16-12/h4-7H,8-9H2,1-3H3,(H,15,17). The summed E-state index contributed by atoms with van der Waals surface area (Å²) in [6.07, 6.45) is -0.467. The molecule has 1 aromatic carbocycles. The Morgan fingerprint density at radius 2 is 2.10 bits per heavy atom. The van der Waals surface area contributed by atoms with Gasteiger partial charge in [-0.05, 0) is 38.1 Å². The average Bonchev–Trinajstić information content (AvgIpc) is 2.76. The van der Waals surface area contributed by atoms with Crippen LogP contribution >= 0.6 is 0 Å². The topological polar surface area (TPSA) is 73.6 Å². The summed E-state index contributed by atoms with van der Waals surface area (Å²) in [5, 5.41) is 7.25. The van der Waals surface area contributed by atoms with Crippen molar-refractivity contribution in [3.8, 4) is 5.88 Å². The van der Waals surface area contributed by atoms with Gasteiger partial charge in [-0.3, -0.25) is 0 Å². The third-order valence-corrected chi connectivity index (χ3v) is 2.35. The van der Waals surface area contributed by atoms with Crippen LogP contribution in [-0.4, -0.2) is 30.0 Å². The molecular formula is C14H18N2O4. The van der Waals surface area contributed by atoms with Crippen molar-refractivity contribution in [1.29, 1.82) is 0 Å². The first-order chi connectivity index (χ1) is 9.46. The summed E-state index contributed by atoms with van der Waals surface area (Å²) in [6.45, 7) is 6.05. The third-order valence-electron chi connectivity index (χ3n) is 2.35. The summed E-state index contributed by atoms with van der Waals surface area (Å²) in [4.78, 5) is 11.4. The van der Waals surface area contributed by atoms with Crippen LogP contribution in [0.25, 0.3) is 11.0 Å². The van der Waals surface area contributed by atoms with Crippen molar-refractivity contribution in [2.75, 3.05) is 13.2 Å². The van der Waals surface area contributed by atoms with E-state index in [1.807, 2.05) is 45.0 Å². The first-order valence-corrected chi connectivity index (χ1v) is 6.40. The van der Waals surface area contributed by atoms with Crippen molar-refractivity contribution in [3.05, 3.63) is 24.3 Å². The molecule has 108 valence electrons. The molecule has 0 atom stereocenters. The number of alkyl carbamates (subject to hydrolysis) is 1. The van der Waals surface area contributed by atoms with Crippen molar-refractivity contribution >= 4 is 17.1 Å². The Labute approximate surface area is 117 Å². The van der Waals surface area contributed by atoms with Crippen molar-refractivity contribution < 1.29 is 18.8 Å². The van der Waals surface area contributed by atoms with Gasteiger partial charge in [0.1, 0.15) is 12.2 Å². The number of rotatable bonds is 4. The monoisotopic (exact) mass is 278 g/mol. The normalized spacial score (nSPS) is 11.3. The minimum atomic E-state index is -0.507. The highest BCUT2D eigenvalue weighted by Gasteiger charge is 2.15. The van der Waals surface area contributed by atoms with E-state index in [4.69, 9.17) is 14.0 Å². The Morgan fingerprint density at radius 1 is 1.35 bits per heavy atom. The second kappa shape index (κ2) is 5.81. The minimum absolute atomic E-state index is 0.287. The maximum absolute atomic E-state index is 11.4. The molecule has 0 bridgehead atoms. The summed E-state index contributed by atoms with van der Waals surface area (Å²) in [5.41, 5.74) is 0.162. The predicted molar refractivity (Wildman–Crippen MR) is 73.7 cm³/mol. The van der Waals surface area contributed by atoms with Crippen LogP contribution < -0.4 is 10.1 Å². The highest BCUT2D eigenvalue weighted by molar-refractivity contribution is 5.81. The number of fused-ring (bicyclic) bond motifs is 1. The Balaban J connectivity index is 1.78. The fourth-order valence-corrected chi connectivity index (χ4v) is 1.58. The van der Waals surface area contributed by atoms with Crippen LogP contribution in [0.15, 0.2) is 28.8 Å². The lowest BCUT2D eigenvalue weighted by atomic mass is 10.2. The van der Waals surface area contributed by atoms with Crippen LogP contribution in [0.1, 0.15) is 20.8 Å². The number of nitrogens with one attached hydrogen (secondary N) is 1. The molecule has 20 heavy (non-hydrogen) atoms. The molecule has 1 N–H and O–H groups in total. The molecule has 0 aliphatic rings. The number of para-hydroxylation sites is 1. The van der Waals surface area contributed by atoms with Crippen LogP contribution in [0, 0.1) is 0 Å². The Morgan fingerprint density at radius 3 is 2.85 bits per heavy atom. The quantitative estimate of drug-likeness (QED) is 0.870. The van der Waals surface area contributed by atoms with Gasteiger partial charge in [0.25, 0.3) is 5.88 Å². The molecular weight excluding hydrogens is 260 g/mol. The minimum Gasteiger partial charge on any atom is -0.473 e. The lowest BCUT2D eigenvalue weighted by molar-refractivity contribution is 0.0520. The molecule has 0 spiro atoms. The maximum atomic E-state index is 11.4. The predicted octanol–water partition coefficient (Wildman–Crippen LogP) is 2.73. The van der Waals surface area contributed by atoms with Gasteiger partial charge < -0.3 is 19.3 Å². The zero-order valence-corrected chi connectivity index (χ0v) is 11.8. The van der Waals surface area contributed by atoms with Crippen molar-refractivity contribution in [2.24, 2.45) is 0 Å². The van der Waals surface area contributed by atoms with E-state index in [2.05, 4.69) is 10.5 Å². The van der Waals surface area contributed by atoms with Gasteiger partial charge in [0, 0.05) is 0 Å². The fourth-order valence-electron chi connectivity index (χ4n) is 1.58. The Bertz CT molecular complexity index is 586. The van der Waals surface area contributed by atoms with Gasteiger partial charge in [0.05, 0.1) is 11.9 Å². The molecule has 1 aromatic heterocycles. The number of nitrogens with zero attached hydrogens (tertiary/aromatic N) is 1. The van der Waals surface area contributed by atoms with Crippen LogP contribution in [-0.2, 0) is 4.74 Å². The number of amides is 1. The molecule has 0 radical (unpaired) electrons. The molecule has 6 nitrogen and oxygen atoms in total.